The fraction of sp³-hybridized carbons (Fsp3) is 0.600. The third-order valence-electron chi connectivity index (χ3n) is 5.59. The van der Waals surface area contributed by atoms with Gasteiger partial charge in [0.2, 0.25) is 11.8 Å². The Morgan fingerprint density at radius 1 is 1.33 bits per heavy atom. The van der Waals surface area contributed by atoms with Crippen molar-refractivity contribution in [1.29, 1.82) is 0 Å². The molecule has 0 saturated carbocycles. The number of benzene rings is 1. The van der Waals surface area contributed by atoms with Crippen LogP contribution in [0.3, 0.4) is 0 Å². The Morgan fingerprint density at radius 2 is 2.15 bits per heavy atom. The summed E-state index contributed by atoms with van der Waals surface area (Å²) in [6.07, 6.45) is 2.77. The van der Waals surface area contributed by atoms with Crippen molar-refractivity contribution in [3.63, 3.8) is 0 Å². The summed E-state index contributed by atoms with van der Waals surface area (Å²) in [7, 11) is 3.54. The average Bonchev–Trinajstić information content (AvgIpc) is 2.67. The minimum atomic E-state index is 0. The molecule has 27 heavy (non-hydrogen) atoms. The zero-order valence-electron chi connectivity index (χ0n) is 16.1. The average molecular weight is 396 g/mol. The van der Waals surface area contributed by atoms with Gasteiger partial charge in [0, 0.05) is 38.6 Å². The van der Waals surface area contributed by atoms with Gasteiger partial charge in [-0.15, -0.1) is 12.4 Å². The molecule has 2 fully saturated rings. The molecule has 1 aromatic carbocycles. The molecule has 2 saturated heterocycles. The molecule has 7 heteroatoms. The van der Waals surface area contributed by atoms with Crippen LogP contribution in [0.15, 0.2) is 24.3 Å². The number of carbonyl (C=O) groups is 2. The lowest BCUT2D eigenvalue weighted by Crippen LogP contribution is -2.57. The molecule has 150 valence electrons. The summed E-state index contributed by atoms with van der Waals surface area (Å²) in [6.45, 7) is 3.06. The number of rotatable bonds is 6. The fourth-order valence-electron chi connectivity index (χ4n) is 4.17. The van der Waals surface area contributed by atoms with Crippen molar-refractivity contribution in [2.75, 3.05) is 40.3 Å². The van der Waals surface area contributed by atoms with E-state index in [0.29, 0.717) is 18.8 Å². The number of nitrogens with one attached hydrogen (secondary N) is 1. The molecule has 0 bridgehead atoms. The third kappa shape index (κ3) is 5.14. The molecule has 2 atom stereocenters. The minimum Gasteiger partial charge on any atom is -0.497 e. The van der Waals surface area contributed by atoms with E-state index in [1.807, 2.05) is 41.1 Å². The van der Waals surface area contributed by atoms with Gasteiger partial charge >= 0.3 is 0 Å². The highest BCUT2D eigenvalue weighted by atomic mass is 35.5. The fourth-order valence-corrected chi connectivity index (χ4v) is 4.17. The molecule has 0 unspecified atom stereocenters. The van der Waals surface area contributed by atoms with E-state index in [2.05, 4.69) is 5.32 Å². The number of halogens is 1. The van der Waals surface area contributed by atoms with Crippen molar-refractivity contribution in [3.05, 3.63) is 29.8 Å². The zero-order chi connectivity index (χ0) is 18.5. The van der Waals surface area contributed by atoms with Gasteiger partial charge in [-0.05, 0) is 43.5 Å². The van der Waals surface area contributed by atoms with Crippen molar-refractivity contribution in [1.82, 2.24) is 15.1 Å². The largest absolute Gasteiger partial charge is 0.497 e. The molecule has 3 rings (SSSR count). The first-order valence-electron chi connectivity index (χ1n) is 9.47. The summed E-state index contributed by atoms with van der Waals surface area (Å²) in [5, 5.41) is 3.13. The number of amides is 2. The van der Waals surface area contributed by atoms with Gasteiger partial charge in [0.25, 0.3) is 0 Å². The number of likely N-dealkylation sites (tertiary alicyclic amines) is 2. The molecular weight excluding hydrogens is 366 g/mol. The van der Waals surface area contributed by atoms with Gasteiger partial charge in [-0.2, -0.15) is 0 Å². The van der Waals surface area contributed by atoms with Crippen molar-refractivity contribution >= 4 is 24.2 Å². The highest BCUT2D eigenvalue weighted by Gasteiger charge is 2.39. The predicted octanol–water partition coefficient (Wildman–Crippen LogP) is 1.72. The monoisotopic (exact) mass is 395 g/mol. The van der Waals surface area contributed by atoms with Crippen LogP contribution in [0.1, 0.15) is 24.8 Å². The Bertz CT molecular complexity index is 655. The summed E-state index contributed by atoms with van der Waals surface area (Å²) in [4.78, 5) is 29.0. The maximum atomic E-state index is 12.8. The smallest absolute Gasteiger partial charge is 0.227 e. The standard InChI is InChI=1S/C20H29N3O3.ClH/c1-21-9-11-23-18-8-10-22(14-16(18)6-7-19(23)24)20(25)13-15-4-3-5-17(12-15)26-2;/h3-5,12,16,18,21H,6-11,13-14H2,1-2H3;1H/t16-,18+;/m0./s1. The second-order valence-electron chi connectivity index (χ2n) is 7.21. The minimum absolute atomic E-state index is 0. The number of nitrogens with zero attached hydrogens (tertiary/aromatic N) is 2. The van der Waals surface area contributed by atoms with E-state index in [1.54, 1.807) is 7.11 Å². The van der Waals surface area contributed by atoms with Gasteiger partial charge in [-0.1, -0.05) is 12.1 Å². The molecule has 1 aromatic rings. The van der Waals surface area contributed by atoms with Crippen LogP contribution in [0.25, 0.3) is 0 Å². The van der Waals surface area contributed by atoms with Crippen molar-refractivity contribution in [3.8, 4) is 5.75 Å². The molecule has 0 aromatic heterocycles. The van der Waals surface area contributed by atoms with Gasteiger partial charge in [0.15, 0.2) is 0 Å². The first kappa shape index (κ1) is 21.5. The summed E-state index contributed by atoms with van der Waals surface area (Å²) in [6, 6.07) is 7.97. The van der Waals surface area contributed by atoms with E-state index in [0.717, 1.165) is 50.3 Å². The summed E-state index contributed by atoms with van der Waals surface area (Å²) >= 11 is 0. The molecule has 6 nitrogen and oxygen atoms in total. The van der Waals surface area contributed by atoms with E-state index >= 15 is 0 Å². The number of ether oxygens (including phenoxy) is 1. The highest BCUT2D eigenvalue weighted by Crippen LogP contribution is 2.31. The Balaban J connectivity index is 0.00000261. The number of methoxy groups -OCH3 is 1. The lowest BCUT2D eigenvalue weighted by molar-refractivity contribution is -0.143. The van der Waals surface area contributed by atoms with Crippen molar-refractivity contribution in [2.45, 2.75) is 31.7 Å². The SMILES string of the molecule is CNCCN1C(=O)CC[C@H]2CN(C(=O)Cc3cccc(OC)c3)CC[C@H]21.Cl. The second-order valence-corrected chi connectivity index (χ2v) is 7.21. The Hall–Kier alpha value is -1.79. The van der Waals surface area contributed by atoms with Crippen LogP contribution in [-0.4, -0.2) is 68.0 Å². The molecule has 0 spiro atoms. The van der Waals surface area contributed by atoms with Crippen LogP contribution in [0.5, 0.6) is 5.75 Å². The van der Waals surface area contributed by atoms with Crippen LogP contribution in [-0.2, 0) is 16.0 Å². The van der Waals surface area contributed by atoms with Crippen LogP contribution < -0.4 is 10.1 Å². The molecule has 2 heterocycles. The topological polar surface area (TPSA) is 61.9 Å². The summed E-state index contributed by atoms with van der Waals surface area (Å²) in [5.41, 5.74) is 0.978. The van der Waals surface area contributed by atoms with E-state index in [9.17, 15) is 9.59 Å². The lowest BCUT2D eigenvalue weighted by Gasteiger charge is -2.47. The highest BCUT2D eigenvalue weighted by molar-refractivity contribution is 5.85. The summed E-state index contributed by atoms with van der Waals surface area (Å²) in [5.74, 6) is 1.60. The van der Waals surface area contributed by atoms with Crippen molar-refractivity contribution in [2.24, 2.45) is 5.92 Å². The lowest BCUT2D eigenvalue weighted by atomic mass is 9.83. The number of hydrogen-bond donors (Lipinski definition) is 1. The Kier molecular flexibility index (Phi) is 7.92. The van der Waals surface area contributed by atoms with Gasteiger partial charge < -0.3 is 19.9 Å². The van der Waals surface area contributed by atoms with E-state index in [4.69, 9.17) is 4.74 Å². The van der Waals surface area contributed by atoms with Crippen LogP contribution in [0, 0.1) is 5.92 Å². The van der Waals surface area contributed by atoms with Gasteiger partial charge in [0.05, 0.1) is 13.5 Å². The third-order valence-corrected chi connectivity index (χ3v) is 5.59. The molecule has 0 radical (unpaired) electrons. The molecule has 2 aliphatic heterocycles. The second kappa shape index (κ2) is 9.95. The summed E-state index contributed by atoms with van der Waals surface area (Å²) < 4.78 is 5.24. The van der Waals surface area contributed by atoms with E-state index in [-0.39, 0.29) is 30.3 Å². The number of carbonyl (C=O) groups excluding carboxylic acids is 2. The maximum absolute atomic E-state index is 12.8. The first-order chi connectivity index (χ1) is 12.6. The number of hydrogen-bond acceptors (Lipinski definition) is 4. The van der Waals surface area contributed by atoms with Crippen LogP contribution in [0.4, 0.5) is 0 Å². The molecular formula is C20H30ClN3O3. The van der Waals surface area contributed by atoms with Gasteiger partial charge in [-0.25, -0.2) is 0 Å². The van der Waals surface area contributed by atoms with Crippen molar-refractivity contribution < 1.29 is 14.3 Å². The first-order valence-corrected chi connectivity index (χ1v) is 9.47. The van der Waals surface area contributed by atoms with Crippen LogP contribution >= 0.6 is 12.4 Å². The molecule has 0 aliphatic carbocycles. The van der Waals surface area contributed by atoms with E-state index < -0.39 is 0 Å². The van der Waals surface area contributed by atoms with E-state index in [1.165, 1.54) is 0 Å². The maximum Gasteiger partial charge on any atom is 0.227 e. The molecule has 2 amide bonds. The van der Waals surface area contributed by atoms with Gasteiger partial charge in [-0.3, -0.25) is 9.59 Å². The number of fused-ring (bicyclic) bond motifs is 1. The number of piperidine rings is 2. The Labute approximate surface area is 167 Å². The van der Waals surface area contributed by atoms with Gasteiger partial charge in [0.1, 0.15) is 5.75 Å². The zero-order valence-corrected chi connectivity index (χ0v) is 17.0. The predicted molar refractivity (Wildman–Crippen MR) is 107 cm³/mol. The quantitative estimate of drug-likeness (QED) is 0.796. The normalized spacial score (nSPS) is 22.1. The molecule has 2 aliphatic rings. The molecule has 1 N–H and O–H groups in total. The number of likely N-dealkylation sites (N-methyl/N-ethyl adjacent to an activating group) is 1. The Morgan fingerprint density at radius 3 is 2.89 bits per heavy atom. The van der Waals surface area contributed by atoms with Crippen LogP contribution in [0.2, 0.25) is 0 Å².